The quantitative estimate of drug-likeness (QED) is 0.446. The molecule has 0 saturated heterocycles. The van der Waals surface area contributed by atoms with Crippen molar-refractivity contribution in [1.29, 1.82) is 0 Å². The van der Waals surface area contributed by atoms with Gasteiger partial charge in [0.15, 0.2) is 6.10 Å². The van der Waals surface area contributed by atoms with E-state index < -0.39 is 12.1 Å². The van der Waals surface area contributed by atoms with Gasteiger partial charge in [0.25, 0.3) is 11.5 Å². The van der Waals surface area contributed by atoms with Crippen LogP contribution in [0.1, 0.15) is 33.3 Å². The molecule has 0 N–H and O–H groups in total. The van der Waals surface area contributed by atoms with Crippen LogP contribution < -0.4 is 10.3 Å². The molecule has 0 spiro atoms. The van der Waals surface area contributed by atoms with Gasteiger partial charge < -0.3 is 23.7 Å². The van der Waals surface area contributed by atoms with Crippen LogP contribution in [0.3, 0.4) is 0 Å². The van der Waals surface area contributed by atoms with Gasteiger partial charge in [-0.1, -0.05) is 30.3 Å². The Morgan fingerprint density at radius 2 is 1.89 bits per heavy atom. The summed E-state index contributed by atoms with van der Waals surface area (Å²) in [5.41, 5.74) is 2.35. The molecule has 184 valence electrons. The van der Waals surface area contributed by atoms with E-state index in [-0.39, 0.29) is 29.3 Å². The first-order valence-corrected chi connectivity index (χ1v) is 12.3. The first-order chi connectivity index (χ1) is 17.0. The Hall–Kier alpha value is -3.43. The van der Waals surface area contributed by atoms with Crippen molar-refractivity contribution in [2.75, 3.05) is 33.9 Å². The number of carbonyl (C=O) groups is 2. The van der Waals surface area contributed by atoms with Crippen molar-refractivity contribution in [2.24, 2.45) is 0 Å². The van der Waals surface area contributed by atoms with Gasteiger partial charge in [0.05, 0.1) is 13.7 Å². The second kappa shape index (κ2) is 11.3. The van der Waals surface area contributed by atoms with Crippen molar-refractivity contribution in [2.45, 2.75) is 25.5 Å². The number of hydrogen-bond donors (Lipinski definition) is 0. The van der Waals surface area contributed by atoms with Gasteiger partial charge in [0, 0.05) is 51.3 Å². The van der Waals surface area contributed by atoms with Crippen LogP contribution in [-0.2, 0) is 33.7 Å². The standard InChI is InChI=1S/C26H28N2O6S/c1-32-24(19-6-4-3-5-7-19)25(30)27-11-8-20-23(26(31)33-2)21(16-22(29)28(20)13-12-27)34-14-9-18-10-15-35-17-18/h3-7,10,15-17,24H,8-9,11-14H2,1-2H3/t24-/m1/s1. The Kier molecular flexibility index (Phi) is 7.99. The Morgan fingerprint density at radius 1 is 1.09 bits per heavy atom. The number of carbonyl (C=O) groups excluding carboxylic acids is 2. The average Bonchev–Trinajstić information content (AvgIpc) is 3.29. The predicted octanol–water partition coefficient (Wildman–Crippen LogP) is 3.09. The fraction of sp³-hybridized carbons (Fsp3) is 0.346. The molecular formula is C26H28N2O6S. The molecule has 1 amide bonds. The average molecular weight is 497 g/mol. The van der Waals surface area contributed by atoms with Gasteiger partial charge in [-0.25, -0.2) is 4.79 Å². The van der Waals surface area contributed by atoms with Gasteiger partial charge in [-0.2, -0.15) is 11.3 Å². The monoisotopic (exact) mass is 496 g/mol. The first-order valence-electron chi connectivity index (χ1n) is 11.4. The third kappa shape index (κ3) is 5.47. The summed E-state index contributed by atoms with van der Waals surface area (Å²) in [6, 6.07) is 12.6. The molecule has 2 aromatic heterocycles. The summed E-state index contributed by atoms with van der Waals surface area (Å²) in [5, 5.41) is 4.02. The van der Waals surface area contributed by atoms with E-state index in [1.165, 1.54) is 24.9 Å². The molecule has 0 radical (unpaired) electrons. The second-order valence-corrected chi connectivity index (χ2v) is 8.92. The number of fused-ring (bicyclic) bond motifs is 1. The molecule has 35 heavy (non-hydrogen) atoms. The minimum atomic E-state index is -0.745. The minimum absolute atomic E-state index is 0.189. The van der Waals surface area contributed by atoms with Gasteiger partial charge in [-0.05, 0) is 28.0 Å². The van der Waals surface area contributed by atoms with Gasteiger partial charge in [-0.3, -0.25) is 9.59 Å². The van der Waals surface area contributed by atoms with Crippen LogP contribution in [0.2, 0.25) is 0 Å². The molecule has 1 aromatic carbocycles. The van der Waals surface area contributed by atoms with E-state index in [9.17, 15) is 14.4 Å². The zero-order valence-electron chi connectivity index (χ0n) is 19.8. The maximum Gasteiger partial charge on any atom is 0.343 e. The largest absolute Gasteiger partial charge is 0.492 e. The number of amides is 1. The normalized spacial score (nSPS) is 14.1. The summed E-state index contributed by atoms with van der Waals surface area (Å²) in [7, 11) is 2.80. The smallest absolute Gasteiger partial charge is 0.343 e. The van der Waals surface area contributed by atoms with Crippen LogP contribution in [0.15, 0.2) is 58.0 Å². The molecule has 4 rings (SSSR count). The van der Waals surface area contributed by atoms with Crippen LogP contribution in [0.5, 0.6) is 5.75 Å². The molecule has 0 aliphatic carbocycles. The summed E-state index contributed by atoms with van der Waals surface area (Å²) >= 11 is 1.60. The zero-order valence-corrected chi connectivity index (χ0v) is 20.6. The number of ether oxygens (including phenoxy) is 3. The maximum atomic E-state index is 13.3. The third-order valence-electron chi connectivity index (χ3n) is 6.09. The van der Waals surface area contributed by atoms with E-state index in [0.717, 1.165) is 11.1 Å². The van der Waals surface area contributed by atoms with Crippen LogP contribution in [0.25, 0.3) is 0 Å². The highest BCUT2D eigenvalue weighted by Crippen LogP contribution is 2.26. The number of benzene rings is 1. The summed E-state index contributed by atoms with van der Waals surface area (Å²) < 4.78 is 18.0. The lowest BCUT2D eigenvalue weighted by Crippen LogP contribution is -2.38. The number of pyridine rings is 1. The highest BCUT2D eigenvalue weighted by Gasteiger charge is 2.30. The molecule has 1 aliphatic rings. The number of aromatic nitrogens is 1. The molecule has 0 unspecified atom stereocenters. The minimum Gasteiger partial charge on any atom is -0.492 e. The van der Waals surface area contributed by atoms with Crippen molar-refractivity contribution >= 4 is 23.2 Å². The molecule has 0 bridgehead atoms. The molecule has 0 fully saturated rings. The molecular weight excluding hydrogens is 468 g/mol. The zero-order chi connectivity index (χ0) is 24.8. The number of methoxy groups -OCH3 is 2. The van der Waals surface area contributed by atoms with E-state index in [2.05, 4.69) is 0 Å². The van der Waals surface area contributed by atoms with Gasteiger partial charge in [-0.15, -0.1) is 0 Å². The van der Waals surface area contributed by atoms with Gasteiger partial charge in [0.2, 0.25) is 0 Å². The van der Waals surface area contributed by atoms with E-state index in [1.54, 1.807) is 16.2 Å². The molecule has 3 aromatic rings. The van der Waals surface area contributed by atoms with Crippen molar-refractivity contribution in [3.63, 3.8) is 0 Å². The number of nitrogens with zero attached hydrogens (tertiary/aromatic N) is 2. The SMILES string of the molecule is COC(=O)c1c(OCCc2ccsc2)cc(=O)n2c1CCN(C(=O)[C@H](OC)c1ccccc1)CC2. The van der Waals surface area contributed by atoms with Crippen molar-refractivity contribution in [3.8, 4) is 5.75 Å². The number of thiophene rings is 1. The third-order valence-corrected chi connectivity index (χ3v) is 6.82. The van der Waals surface area contributed by atoms with Crippen LogP contribution in [0.4, 0.5) is 0 Å². The van der Waals surface area contributed by atoms with E-state index in [4.69, 9.17) is 14.2 Å². The fourth-order valence-corrected chi connectivity index (χ4v) is 5.00. The van der Waals surface area contributed by atoms with Crippen LogP contribution in [0, 0.1) is 0 Å². The molecule has 3 heterocycles. The van der Waals surface area contributed by atoms with Crippen molar-refractivity contribution in [3.05, 3.63) is 86.0 Å². The number of esters is 1. The molecule has 8 nitrogen and oxygen atoms in total. The number of rotatable bonds is 8. The van der Waals surface area contributed by atoms with E-state index >= 15 is 0 Å². The molecule has 0 saturated carbocycles. The van der Waals surface area contributed by atoms with E-state index in [1.807, 2.05) is 47.2 Å². The predicted molar refractivity (Wildman–Crippen MR) is 132 cm³/mol. The molecule has 1 aliphatic heterocycles. The lowest BCUT2D eigenvalue weighted by atomic mass is 10.1. The molecule has 1 atom stereocenters. The first kappa shape index (κ1) is 24.7. The van der Waals surface area contributed by atoms with Crippen molar-refractivity contribution in [1.82, 2.24) is 9.47 Å². The Bertz CT molecular complexity index is 1220. The Balaban J connectivity index is 1.58. The Labute approximate surface area is 207 Å². The van der Waals surface area contributed by atoms with Crippen LogP contribution in [-0.4, -0.2) is 55.3 Å². The number of hydrogen-bond acceptors (Lipinski definition) is 7. The highest BCUT2D eigenvalue weighted by atomic mass is 32.1. The van der Waals surface area contributed by atoms with Crippen molar-refractivity contribution < 1.29 is 23.8 Å². The fourth-order valence-electron chi connectivity index (χ4n) is 4.29. The summed E-state index contributed by atoms with van der Waals surface area (Å²) in [5.74, 6) is -0.549. The Morgan fingerprint density at radius 3 is 2.57 bits per heavy atom. The van der Waals surface area contributed by atoms with Gasteiger partial charge in [0.1, 0.15) is 11.3 Å². The van der Waals surface area contributed by atoms with Crippen LogP contribution >= 0.6 is 11.3 Å². The van der Waals surface area contributed by atoms with Gasteiger partial charge >= 0.3 is 5.97 Å². The van der Waals surface area contributed by atoms with E-state index in [0.29, 0.717) is 38.2 Å². The highest BCUT2D eigenvalue weighted by molar-refractivity contribution is 7.07. The maximum absolute atomic E-state index is 13.3. The summed E-state index contributed by atoms with van der Waals surface area (Å²) in [6.45, 7) is 1.22. The second-order valence-electron chi connectivity index (χ2n) is 8.14. The lowest BCUT2D eigenvalue weighted by molar-refractivity contribution is -0.142. The summed E-state index contributed by atoms with van der Waals surface area (Å²) in [6.07, 6.45) is 0.214. The topological polar surface area (TPSA) is 87.1 Å². The summed E-state index contributed by atoms with van der Waals surface area (Å²) in [4.78, 5) is 40.7. The molecule has 9 heteroatoms. The lowest BCUT2D eigenvalue weighted by Gasteiger charge is -2.25.